The van der Waals surface area contributed by atoms with Crippen molar-refractivity contribution in [3.05, 3.63) is 39.4 Å². The van der Waals surface area contributed by atoms with Gasteiger partial charge in [0.25, 0.3) is 11.6 Å². The molecule has 2 N–H and O–H groups in total. The molecular weight excluding hydrogens is 228 g/mol. The molecular formula is C10H12N2O5. The number of ether oxygens (including phenoxy) is 2. The van der Waals surface area contributed by atoms with Crippen LogP contribution in [0, 0.1) is 10.1 Å². The van der Waals surface area contributed by atoms with Gasteiger partial charge in [0.05, 0.1) is 10.5 Å². The minimum Gasteiger partial charge on any atom is -0.365 e. The molecule has 1 amide bonds. The van der Waals surface area contributed by atoms with Crippen molar-refractivity contribution in [1.29, 1.82) is 0 Å². The largest absolute Gasteiger partial charge is 0.365 e. The fourth-order valence-electron chi connectivity index (χ4n) is 1.50. The van der Waals surface area contributed by atoms with Crippen molar-refractivity contribution in [2.45, 2.75) is 6.29 Å². The Balaban J connectivity index is 3.44. The number of amides is 1. The first-order chi connectivity index (χ1) is 8.02. The summed E-state index contributed by atoms with van der Waals surface area (Å²) in [4.78, 5) is 21.4. The number of para-hydroxylation sites is 1. The van der Waals surface area contributed by atoms with Crippen LogP contribution >= 0.6 is 0 Å². The second kappa shape index (κ2) is 5.37. The van der Waals surface area contributed by atoms with Crippen molar-refractivity contribution in [2.75, 3.05) is 14.2 Å². The molecule has 0 aliphatic heterocycles. The lowest BCUT2D eigenvalue weighted by Crippen LogP contribution is -2.16. The molecule has 0 heterocycles. The van der Waals surface area contributed by atoms with Crippen molar-refractivity contribution >= 4 is 11.6 Å². The van der Waals surface area contributed by atoms with Crippen LogP contribution in [0.5, 0.6) is 0 Å². The Labute approximate surface area is 97.3 Å². The Hall–Kier alpha value is -1.99. The van der Waals surface area contributed by atoms with Gasteiger partial charge in [-0.3, -0.25) is 14.9 Å². The molecule has 0 aromatic heterocycles. The first-order valence-corrected chi connectivity index (χ1v) is 4.65. The van der Waals surface area contributed by atoms with Crippen molar-refractivity contribution < 1.29 is 19.2 Å². The van der Waals surface area contributed by atoms with E-state index in [-0.39, 0.29) is 11.1 Å². The van der Waals surface area contributed by atoms with Crippen molar-refractivity contribution in [1.82, 2.24) is 0 Å². The lowest BCUT2D eigenvalue weighted by Gasteiger charge is -2.14. The summed E-state index contributed by atoms with van der Waals surface area (Å²) < 4.78 is 9.86. The van der Waals surface area contributed by atoms with E-state index in [1.54, 1.807) is 0 Å². The van der Waals surface area contributed by atoms with E-state index in [2.05, 4.69) is 0 Å². The van der Waals surface area contributed by atoms with E-state index in [4.69, 9.17) is 15.2 Å². The molecule has 0 spiro atoms. The third kappa shape index (κ3) is 2.58. The summed E-state index contributed by atoms with van der Waals surface area (Å²) in [5, 5.41) is 11.0. The monoisotopic (exact) mass is 240 g/mol. The zero-order valence-corrected chi connectivity index (χ0v) is 9.38. The molecule has 1 rings (SSSR count). The average Bonchev–Trinajstić information content (AvgIpc) is 2.30. The van der Waals surface area contributed by atoms with Crippen molar-refractivity contribution in [2.24, 2.45) is 5.73 Å². The van der Waals surface area contributed by atoms with Crippen LogP contribution in [0.15, 0.2) is 18.2 Å². The molecule has 0 bridgehead atoms. The summed E-state index contributed by atoms with van der Waals surface area (Å²) >= 11 is 0. The van der Waals surface area contributed by atoms with Crippen LogP contribution in [0.3, 0.4) is 0 Å². The number of methoxy groups -OCH3 is 2. The maximum Gasteiger partial charge on any atom is 0.290 e. The summed E-state index contributed by atoms with van der Waals surface area (Å²) in [7, 11) is 2.68. The number of hydrogen-bond donors (Lipinski definition) is 1. The number of benzene rings is 1. The highest BCUT2D eigenvalue weighted by Crippen LogP contribution is 2.30. The van der Waals surface area contributed by atoms with Crippen LogP contribution in [0.25, 0.3) is 0 Å². The molecule has 17 heavy (non-hydrogen) atoms. The molecule has 1 aromatic rings. The first kappa shape index (κ1) is 13.1. The number of nitro groups is 1. The van der Waals surface area contributed by atoms with Gasteiger partial charge in [-0.1, -0.05) is 6.07 Å². The zero-order chi connectivity index (χ0) is 13.0. The minimum absolute atomic E-state index is 0.149. The number of carbonyl (C=O) groups is 1. The van der Waals surface area contributed by atoms with Gasteiger partial charge in [-0.05, 0) is 12.1 Å². The Kier molecular flexibility index (Phi) is 4.13. The van der Waals surface area contributed by atoms with E-state index in [1.807, 2.05) is 0 Å². The van der Waals surface area contributed by atoms with Crippen molar-refractivity contribution in [3.63, 3.8) is 0 Å². The number of primary amides is 1. The maximum absolute atomic E-state index is 11.1. The average molecular weight is 240 g/mol. The van der Waals surface area contributed by atoms with E-state index in [9.17, 15) is 14.9 Å². The molecule has 0 saturated heterocycles. The predicted octanol–water partition coefficient (Wildman–Crippen LogP) is 0.985. The Morgan fingerprint density at radius 1 is 1.41 bits per heavy atom. The van der Waals surface area contributed by atoms with Crippen LogP contribution in [0.2, 0.25) is 0 Å². The molecule has 7 heteroatoms. The number of nitrogens with zero attached hydrogens (tertiary/aromatic N) is 1. The van der Waals surface area contributed by atoms with Gasteiger partial charge in [-0.15, -0.1) is 0 Å². The van der Waals surface area contributed by atoms with Gasteiger partial charge in [0.1, 0.15) is 5.56 Å². The number of rotatable bonds is 5. The third-order valence-electron chi connectivity index (χ3n) is 2.20. The van der Waals surface area contributed by atoms with Crippen LogP contribution in [0.1, 0.15) is 22.2 Å². The molecule has 1 aromatic carbocycles. The zero-order valence-electron chi connectivity index (χ0n) is 9.38. The molecule has 0 aliphatic rings. The lowest BCUT2D eigenvalue weighted by molar-refractivity contribution is -0.387. The standard InChI is InChI=1S/C10H12N2O5/c1-16-10(17-2)7-5-3-4-6(9(11)13)8(7)12(14)15/h3-5,10H,1-2H3,(H2,11,13). The van der Waals surface area contributed by atoms with Gasteiger partial charge in [0.15, 0.2) is 6.29 Å². The van der Waals surface area contributed by atoms with Crippen LogP contribution in [-0.2, 0) is 9.47 Å². The maximum atomic E-state index is 11.1. The molecule has 7 nitrogen and oxygen atoms in total. The molecule has 0 radical (unpaired) electrons. The molecule has 0 aliphatic carbocycles. The van der Waals surface area contributed by atoms with Gasteiger partial charge in [-0.2, -0.15) is 0 Å². The quantitative estimate of drug-likeness (QED) is 0.469. The molecule has 0 unspecified atom stereocenters. The SMILES string of the molecule is COC(OC)c1cccc(C(N)=O)c1[N+](=O)[O-]. The highest BCUT2D eigenvalue weighted by Gasteiger charge is 2.27. The highest BCUT2D eigenvalue weighted by molar-refractivity contribution is 5.97. The Bertz CT molecular complexity index is 442. The molecule has 92 valence electrons. The normalized spacial score (nSPS) is 10.5. The second-order valence-corrected chi connectivity index (χ2v) is 3.17. The van der Waals surface area contributed by atoms with Crippen LogP contribution in [0.4, 0.5) is 5.69 Å². The van der Waals surface area contributed by atoms with E-state index < -0.39 is 22.8 Å². The van der Waals surface area contributed by atoms with E-state index in [0.717, 1.165) is 0 Å². The predicted molar refractivity (Wildman–Crippen MR) is 58.4 cm³/mol. The molecule has 0 saturated carbocycles. The number of hydrogen-bond acceptors (Lipinski definition) is 5. The number of nitrogens with two attached hydrogens (primary N) is 1. The van der Waals surface area contributed by atoms with Gasteiger partial charge >= 0.3 is 0 Å². The molecule has 0 atom stereocenters. The summed E-state index contributed by atoms with van der Waals surface area (Å²) in [5.41, 5.74) is 4.66. The molecule has 0 fully saturated rings. The fraction of sp³-hybridized carbons (Fsp3) is 0.300. The number of nitro benzene ring substituents is 1. The van der Waals surface area contributed by atoms with E-state index in [0.29, 0.717) is 0 Å². The minimum atomic E-state index is -0.922. The summed E-state index contributed by atoms with van der Waals surface area (Å²) in [5.74, 6) is -0.871. The summed E-state index contributed by atoms with van der Waals surface area (Å²) in [6, 6.07) is 4.21. The van der Waals surface area contributed by atoms with Gasteiger partial charge in [0, 0.05) is 14.2 Å². The fourth-order valence-corrected chi connectivity index (χ4v) is 1.50. The summed E-state index contributed by atoms with van der Waals surface area (Å²) in [6.45, 7) is 0. The smallest absolute Gasteiger partial charge is 0.290 e. The van der Waals surface area contributed by atoms with Gasteiger partial charge < -0.3 is 15.2 Å². The lowest BCUT2D eigenvalue weighted by atomic mass is 10.1. The topological polar surface area (TPSA) is 105 Å². The number of carbonyl (C=O) groups excluding carboxylic acids is 1. The Morgan fingerprint density at radius 2 is 2.00 bits per heavy atom. The van der Waals surface area contributed by atoms with E-state index in [1.165, 1.54) is 32.4 Å². The van der Waals surface area contributed by atoms with Gasteiger partial charge in [-0.25, -0.2) is 0 Å². The third-order valence-corrected chi connectivity index (χ3v) is 2.20. The van der Waals surface area contributed by atoms with Gasteiger partial charge in [0.2, 0.25) is 0 Å². The van der Waals surface area contributed by atoms with Crippen LogP contribution < -0.4 is 5.73 Å². The second-order valence-electron chi connectivity index (χ2n) is 3.17. The van der Waals surface area contributed by atoms with Crippen molar-refractivity contribution in [3.8, 4) is 0 Å². The highest BCUT2D eigenvalue weighted by atomic mass is 16.7. The first-order valence-electron chi connectivity index (χ1n) is 4.65. The van der Waals surface area contributed by atoms with Crippen LogP contribution in [-0.4, -0.2) is 25.1 Å². The van der Waals surface area contributed by atoms with E-state index >= 15 is 0 Å². The summed E-state index contributed by atoms with van der Waals surface area (Å²) in [6.07, 6.45) is -0.922. The Morgan fingerprint density at radius 3 is 2.41 bits per heavy atom.